The van der Waals surface area contributed by atoms with Crippen LogP contribution in [0.5, 0.6) is 0 Å². The van der Waals surface area contributed by atoms with Crippen LogP contribution in [-0.2, 0) is 16.0 Å². The van der Waals surface area contributed by atoms with Crippen molar-refractivity contribution in [2.45, 2.75) is 20.3 Å². The summed E-state index contributed by atoms with van der Waals surface area (Å²) in [4.78, 5) is 26.0. The highest BCUT2D eigenvalue weighted by molar-refractivity contribution is 5.95. The van der Waals surface area contributed by atoms with E-state index in [4.69, 9.17) is 0 Å². The molecule has 0 radical (unpaired) electrons. The Balaban J connectivity index is 2.09. The topological polar surface area (TPSA) is 81.1 Å². The maximum absolute atomic E-state index is 12.6. The second-order valence-electron chi connectivity index (χ2n) is 6.25. The smallest absolute Gasteiger partial charge is 0.253 e. The van der Waals surface area contributed by atoms with Crippen molar-refractivity contribution >= 4 is 23.2 Å². The predicted molar refractivity (Wildman–Crippen MR) is 100 cm³/mol. The minimum Gasteiger partial charge on any atom is -0.395 e. The van der Waals surface area contributed by atoms with E-state index in [0.29, 0.717) is 10.8 Å². The Hall–Kier alpha value is -2.70. The first-order chi connectivity index (χ1) is 12.4. The molecule has 26 heavy (non-hydrogen) atoms. The van der Waals surface area contributed by atoms with Gasteiger partial charge in [0.25, 0.3) is 5.91 Å². The number of carbonyl (C=O) groups is 2. The predicted octanol–water partition coefficient (Wildman–Crippen LogP) is 2.63. The summed E-state index contributed by atoms with van der Waals surface area (Å²) in [5.74, 6) is -0.858. The molecule has 2 rings (SSSR count). The van der Waals surface area contributed by atoms with E-state index in [-0.39, 0.29) is 31.4 Å². The van der Waals surface area contributed by atoms with Gasteiger partial charge in [-0.3, -0.25) is 14.8 Å². The molecule has 0 aromatic heterocycles. The summed E-state index contributed by atoms with van der Waals surface area (Å²) in [5, 5.41) is 19.8. The molecule has 0 spiro atoms. The van der Waals surface area contributed by atoms with Crippen LogP contribution in [0, 0.1) is 5.92 Å². The first-order valence-corrected chi connectivity index (χ1v) is 8.52. The molecule has 2 aromatic carbocycles. The van der Waals surface area contributed by atoms with E-state index in [0.717, 1.165) is 11.3 Å². The lowest BCUT2D eigenvalue weighted by molar-refractivity contribution is -0.126. The van der Waals surface area contributed by atoms with Crippen molar-refractivity contribution < 1.29 is 19.9 Å². The molecule has 6 heteroatoms. The SMILES string of the molecule is CC(C)C(=O)N(O)c1ccc(CC(=O)N(CCO)c2ccccc2)cc1. The van der Waals surface area contributed by atoms with Crippen molar-refractivity contribution in [1.82, 2.24) is 0 Å². The van der Waals surface area contributed by atoms with E-state index < -0.39 is 5.91 Å². The van der Waals surface area contributed by atoms with E-state index >= 15 is 0 Å². The fourth-order valence-electron chi connectivity index (χ4n) is 2.50. The highest BCUT2D eigenvalue weighted by Crippen LogP contribution is 2.18. The molecule has 0 saturated carbocycles. The van der Waals surface area contributed by atoms with Crippen molar-refractivity contribution in [2.75, 3.05) is 23.1 Å². The molecule has 0 unspecified atom stereocenters. The van der Waals surface area contributed by atoms with Gasteiger partial charge >= 0.3 is 0 Å². The van der Waals surface area contributed by atoms with Gasteiger partial charge in [0.2, 0.25) is 5.91 Å². The van der Waals surface area contributed by atoms with Crippen LogP contribution in [0.3, 0.4) is 0 Å². The van der Waals surface area contributed by atoms with Crippen LogP contribution in [0.4, 0.5) is 11.4 Å². The van der Waals surface area contributed by atoms with Crippen LogP contribution in [0.1, 0.15) is 19.4 Å². The van der Waals surface area contributed by atoms with Crippen LogP contribution < -0.4 is 9.96 Å². The zero-order chi connectivity index (χ0) is 19.1. The number of rotatable bonds is 7. The minimum atomic E-state index is -0.396. The molecule has 0 saturated heterocycles. The average Bonchev–Trinajstić information content (AvgIpc) is 2.66. The van der Waals surface area contributed by atoms with Crippen molar-refractivity contribution in [3.8, 4) is 0 Å². The number of anilines is 2. The first kappa shape index (κ1) is 19.6. The number of aliphatic hydroxyl groups excluding tert-OH is 1. The van der Waals surface area contributed by atoms with Gasteiger partial charge < -0.3 is 10.0 Å². The summed E-state index contributed by atoms with van der Waals surface area (Å²) in [6.45, 7) is 3.50. The number of hydrogen-bond donors (Lipinski definition) is 2. The van der Waals surface area contributed by atoms with E-state index in [1.165, 1.54) is 4.90 Å². The number of hydroxylamine groups is 1. The summed E-state index contributed by atoms with van der Waals surface area (Å²) >= 11 is 0. The molecule has 6 nitrogen and oxygen atoms in total. The number of carbonyl (C=O) groups excluding carboxylic acids is 2. The molecule has 0 aliphatic carbocycles. The van der Waals surface area contributed by atoms with Crippen molar-refractivity contribution in [1.29, 1.82) is 0 Å². The maximum Gasteiger partial charge on any atom is 0.253 e. The zero-order valence-electron chi connectivity index (χ0n) is 15.0. The lowest BCUT2D eigenvalue weighted by atomic mass is 10.1. The lowest BCUT2D eigenvalue weighted by Crippen LogP contribution is -2.34. The Morgan fingerprint density at radius 2 is 1.58 bits per heavy atom. The Morgan fingerprint density at radius 3 is 2.12 bits per heavy atom. The molecule has 2 amide bonds. The van der Waals surface area contributed by atoms with Crippen LogP contribution in [0.2, 0.25) is 0 Å². The maximum atomic E-state index is 12.6. The molecule has 0 aliphatic heterocycles. The molecule has 2 aromatic rings. The fraction of sp³-hybridized carbons (Fsp3) is 0.300. The number of benzene rings is 2. The van der Waals surface area contributed by atoms with E-state index in [2.05, 4.69) is 0 Å². The number of hydrogen-bond acceptors (Lipinski definition) is 4. The third-order valence-corrected chi connectivity index (χ3v) is 3.93. The lowest BCUT2D eigenvalue weighted by Gasteiger charge is -2.22. The number of para-hydroxylation sites is 1. The van der Waals surface area contributed by atoms with Crippen LogP contribution in [0.15, 0.2) is 54.6 Å². The van der Waals surface area contributed by atoms with Gasteiger partial charge in [0.1, 0.15) is 0 Å². The monoisotopic (exact) mass is 356 g/mol. The second kappa shape index (κ2) is 9.12. The standard InChI is InChI=1S/C20H24N2O4/c1-15(2)20(25)22(26)18-10-8-16(9-11-18)14-19(24)21(12-13-23)17-6-4-3-5-7-17/h3-11,15,23,26H,12-14H2,1-2H3. The Labute approximate surface area is 153 Å². The fourth-order valence-corrected chi connectivity index (χ4v) is 2.50. The van der Waals surface area contributed by atoms with Gasteiger partial charge in [-0.1, -0.05) is 44.2 Å². The van der Waals surface area contributed by atoms with E-state index in [9.17, 15) is 19.9 Å². The molecule has 0 fully saturated rings. The Kier molecular flexibility index (Phi) is 6.89. The first-order valence-electron chi connectivity index (χ1n) is 8.52. The van der Waals surface area contributed by atoms with Crippen LogP contribution >= 0.6 is 0 Å². The van der Waals surface area contributed by atoms with Crippen molar-refractivity contribution in [3.05, 3.63) is 60.2 Å². The normalized spacial score (nSPS) is 10.7. The van der Waals surface area contributed by atoms with E-state index in [1.54, 1.807) is 38.1 Å². The molecule has 0 heterocycles. The number of amides is 2. The molecule has 138 valence electrons. The van der Waals surface area contributed by atoms with Crippen molar-refractivity contribution in [3.63, 3.8) is 0 Å². The molecule has 2 N–H and O–H groups in total. The molecule has 0 atom stereocenters. The third kappa shape index (κ3) is 4.91. The van der Waals surface area contributed by atoms with Gasteiger partial charge in [0.15, 0.2) is 0 Å². The van der Waals surface area contributed by atoms with Gasteiger partial charge in [-0.25, -0.2) is 0 Å². The highest BCUT2D eigenvalue weighted by Gasteiger charge is 2.18. The van der Waals surface area contributed by atoms with Gasteiger partial charge in [0, 0.05) is 18.2 Å². The average molecular weight is 356 g/mol. The number of aliphatic hydroxyl groups is 1. The second-order valence-corrected chi connectivity index (χ2v) is 6.25. The summed E-state index contributed by atoms with van der Waals surface area (Å²) in [6.07, 6.45) is 0.152. The van der Waals surface area contributed by atoms with Gasteiger partial charge in [-0.05, 0) is 29.8 Å². The van der Waals surface area contributed by atoms with Crippen molar-refractivity contribution in [2.24, 2.45) is 5.92 Å². The largest absolute Gasteiger partial charge is 0.395 e. The summed E-state index contributed by atoms with van der Waals surface area (Å²) in [6, 6.07) is 15.8. The van der Waals surface area contributed by atoms with Gasteiger partial charge in [-0.2, -0.15) is 5.06 Å². The Morgan fingerprint density at radius 1 is 0.962 bits per heavy atom. The summed E-state index contributed by atoms with van der Waals surface area (Å²) in [7, 11) is 0. The molecule has 0 bridgehead atoms. The number of nitrogens with zero attached hydrogens (tertiary/aromatic N) is 2. The van der Waals surface area contributed by atoms with Crippen LogP contribution in [-0.4, -0.2) is 35.3 Å². The highest BCUT2D eigenvalue weighted by atomic mass is 16.5. The van der Waals surface area contributed by atoms with Gasteiger partial charge in [-0.15, -0.1) is 0 Å². The summed E-state index contributed by atoms with van der Waals surface area (Å²) < 4.78 is 0. The minimum absolute atomic E-state index is 0.129. The van der Waals surface area contributed by atoms with Gasteiger partial charge in [0.05, 0.1) is 18.7 Å². The molecular weight excluding hydrogens is 332 g/mol. The zero-order valence-corrected chi connectivity index (χ0v) is 15.0. The van der Waals surface area contributed by atoms with E-state index in [1.807, 2.05) is 30.3 Å². The Bertz CT molecular complexity index is 729. The quantitative estimate of drug-likeness (QED) is 0.590. The molecule has 0 aliphatic rings. The third-order valence-electron chi connectivity index (χ3n) is 3.93. The summed E-state index contributed by atoms with van der Waals surface area (Å²) in [5.41, 5.74) is 1.84. The van der Waals surface area contributed by atoms with Crippen LogP contribution in [0.25, 0.3) is 0 Å². The molecular formula is C20H24N2O4.